The Bertz CT molecular complexity index is 801. The largest absolute Gasteiger partial charge is 0.379 e. The highest BCUT2D eigenvalue weighted by Gasteiger charge is 2.28. The van der Waals surface area contributed by atoms with E-state index in [1.54, 1.807) is 28.2 Å². The molecule has 1 aliphatic rings. The summed E-state index contributed by atoms with van der Waals surface area (Å²) in [7, 11) is 0. The number of aromatic nitrogens is 3. The molecule has 4 heterocycles. The zero-order chi connectivity index (χ0) is 17.1. The van der Waals surface area contributed by atoms with E-state index >= 15 is 0 Å². The third kappa shape index (κ3) is 4.06. The molecule has 1 N–H and O–H groups in total. The van der Waals surface area contributed by atoms with Crippen LogP contribution in [0.15, 0.2) is 28.7 Å². The summed E-state index contributed by atoms with van der Waals surface area (Å²) in [6.45, 7) is 1.56. The summed E-state index contributed by atoms with van der Waals surface area (Å²) in [5, 5.41) is 6.97. The number of imidazole rings is 1. The van der Waals surface area contributed by atoms with Gasteiger partial charge in [-0.15, -0.1) is 22.7 Å². The normalized spacial score (nSPS) is 20.8. The Balaban J connectivity index is 1.33. The van der Waals surface area contributed by atoms with Gasteiger partial charge in [-0.05, 0) is 6.42 Å². The van der Waals surface area contributed by atoms with E-state index in [4.69, 9.17) is 9.47 Å². The second-order valence-electron chi connectivity index (χ2n) is 5.87. The van der Waals surface area contributed by atoms with E-state index < -0.39 is 0 Å². The molecule has 3 aromatic heterocycles. The van der Waals surface area contributed by atoms with Crippen LogP contribution in [-0.4, -0.2) is 45.6 Å². The van der Waals surface area contributed by atoms with Gasteiger partial charge in [-0.25, -0.2) is 9.97 Å². The van der Waals surface area contributed by atoms with E-state index in [0.29, 0.717) is 19.8 Å². The molecule has 4 rings (SSSR count). The lowest BCUT2D eigenvalue weighted by molar-refractivity contribution is -0.126. The van der Waals surface area contributed by atoms with Crippen LogP contribution < -0.4 is 5.32 Å². The number of nitrogens with zero attached hydrogens (tertiary/aromatic N) is 3. The highest BCUT2D eigenvalue weighted by atomic mass is 32.1. The molecule has 9 heteroatoms. The number of amides is 1. The third-order valence-electron chi connectivity index (χ3n) is 4.05. The monoisotopic (exact) mass is 378 g/mol. The first-order valence-corrected chi connectivity index (χ1v) is 9.87. The fourth-order valence-electron chi connectivity index (χ4n) is 2.84. The quantitative estimate of drug-likeness (QED) is 0.709. The molecule has 0 bridgehead atoms. The van der Waals surface area contributed by atoms with Crippen LogP contribution in [0.3, 0.4) is 0 Å². The van der Waals surface area contributed by atoms with Gasteiger partial charge < -0.3 is 14.8 Å². The molecule has 1 aliphatic heterocycles. The smallest absolute Gasteiger partial charge is 0.226 e. The predicted molar refractivity (Wildman–Crippen MR) is 94.8 cm³/mol. The van der Waals surface area contributed by atoms with Crippen molar-refractivity contribution < 1.29 is 14.3 Å². The van der Waals surface area contributed by atoms with Crippen LogP contribution in [0.4, 0.5) is 0 Å². The van der Waals surface area contributed by atoms with Crippen LogP contribution in [0, 0.1) is 0 Å². The molecule has 0 saturated carbocycles. The van der Waals surface area contributed by atoms with Gasteiger partial charge in [-0.2, -0.15) is 0 Å². The fraction of sp³-hybridized carbons (Fsp3) is 0.438. The van der Waals surface area contributed by atoms with Crippen LogP contribution in [0.2, 0.25) is 0 Å². The van der Waals surface area contributed by atoms with Gasteiger partial charge in [-0.3, -0.25) is 9.20 Å². The Hall–Kier alpha value is -1.81. The van der Waals surface area contributed by atoms with Gasteiger partial charge in [-0.1, -0.05) is 0 Å². The SMILES string of the molecule is O=C(Cc1cn2ccsc2n1)N[C@@H]1COCC[C@@H]1OCc1cscn1. The molecule has 0 aliphatic carbocycles. The summed E-state index contributed by atoms with van der Waals surface area (Å²) >= 11 is 3.10. The minimum atomic E-state index is -0.149. The molecule has 1 fully saturated rings. The van der Waals surface area contributed by atoms with Crippen LogP contribution in [0.25, 0.3) is 4.96 Å². The number of hydrogen-bond acceptors (Lipinski definition) is 7. The van der Waals surface area contributed by atoms with E-state index in [9.17, 15) is 4.79 Å². The number of fused-ring (bicyclic) bond motifs is 1. The van der Waals surface area contributed by atoms with Crippen LogP contribution in [-0.2, 0) is 27.3 Å². The molecular formula is C16H18N4O3S2. The molecule has 2 atom stereocenters. The number of thiazole rings is 2. The molecule has 0 unspecified atom stereocenters. The highest BCUT2D eigenvalue weighted by Crippen LogP contribution is 2.16. The summed E-state index contributed by atoms with van der Waals surface area (Å²) in [5.74, 6) is -0.0662. The Morgan fingerprint density at radius 1 is 1.48 bits per heavy atom. The first-order valence-electron chi connectivity index (χ1n) is 8.05. The van der Waals surface area contributed by atoms with Gasteiger partial charge in [0.1, 0.15) is 0 Å². The number of ether oxygens (including phenoxy) is 2. The first kappa shape index (κ1) is 16.6. The van der Waals surface area contributed by atoms with Crippen molar-refractivity contribution in [1.82, 2.24) is 19.7 Å². The van der Waals surface area contributed by atoms with Crippen LogP contribution in [0.5, 0.6) is 0 Å². The maximum Gasteiger partial charge on any atom is 0.226 e. The zero-order valence-corrected chi connectivity index (χ0v) is 15.1. The second kappa shape index (κ2) is 7.61. The van der Waals surface area contributed by atoms with Gasteiger partial charge in [0, 0.05) is 29.8 Å². The van der Waals surface area contributed by atoms with E-state index in [2.05, 4.69) is 15.3 Å². The summed E-state index contributed by atoms with van der Waals surface area (Å²) < 4.78 is 13.4. The lowest BCUT2D eigenvalue weighted by Gasteiger charge is -2.31. The minimum Gasteiger partial charge on any atom is -0.379 e. The number of carbonyl (C=O) groups is 1. The first-order chi connectivity index (χ1) is 12.3. The van der Waals surface area contributed by atoms with E-state index in [-0.39, 0.29) is 24.5 Å². The molecule has 0 aromatic carbocycles. The summed E-state index contributed by atoms with van der Waals surface area (Å²) in [6.07, 6.45) is 4.77. The van der Waals surface area contributed by atoms with Crippen molar-refractivity contribution in [3.63, 3.8) is 0 Å². The Kier molecular flexibility index (Phi) is 5.07. The molecule has 1 amide bonds. The average molecular weight is 378 g/mol. The van der Waals surface area contributed by atoms with E-state index in [1.807, 2.05) is 27.6 Å². The van der Waals surface area contributed by atoms with Crippen molar-refractivity contribution in [2.75, 3.05) is 13.2 Å². The Labute approximate surface area is 152 Å². The summed E-state index contributed by atoms with van der Waals surface area (Å²) in [4.78, 5) is 21.9. The third-order valence-corrected chi connectivity index (χ3v) is 5.46. The van der Waals surface area contributed by atoms with Crippen LogP contribution in [0.1, 0.15) is 17.8 Å². The van der Waals surface area contributed by atoms with E-state index in [0.717, 1.165) is 22.8 Å². The number of nitrogens with one attached hydrogen (secondary N) is 1. The molecule has 132 valence electrons. The van der Waals surface area contributed by atoms with Gasteiger partial charge in [0.05, 0.1) is 48.7 Å². The Morgan fingerprint density at radius 2 is 2.44 bits per heavy atom. The Morgan fingerprint density at radius 3 is 3.28 bits per heavy atom. The molecular weight excluding hydrogens is 360 g/mol. The molecule has 25 heavy (non-hydrogen) atoms. The standard InChI is InChI=1S/C16H18N4O3S2/c21-15(5-11-6-20-2-4-25-16(20)18-11)19-13-8-22-3-1-14(13)23-7-12-9-24-10-17-12/h2,4,6,9-10,13-14H,1,3,5,7-8H2,(H,19,21)/t13-,14+/m1/s1. The van der Waals surface area contributed by atoms with Crippen LogP contribution >= 0.6 is 22.7 Å². The number of hydrogen-bond donors (Lipinski definition) is 1. The predicted octanol–water partition coefficient (Wildman–Crippen LogP) is 1.89. The van der Waals surface area contributed by atoms with Crippen molar-refractivity contribution in [2.45, 2.75) is 31.6 Å². The maximum absolute atomic E-state index is 12.4. The van der Waals surface area contributed by atoms with E-state index in [1.165, 1.54) is 0 Å². The maximum atomic E-state index is 12.4. The topological polar surface area (TPSA) is 77.8 Å². The number of carbonyl (C=O) groups excluding carboxylic acids is 1. The van der Waals surface area contributed by atoms with Crippen molar-refractivity contribution in [2.24, 2.45) is 0 Å². The van der Waals surface area contributed by atoms with Crippen molar-refractivity contribution in [3.05, 3.63) is 40.1 Å². The van der Waals surface area contributed by atoms with Crippen molar-refractivity contribution in [1.29, 1.82) is 0 Å². The number of rotatable bonds is 6. The highest BCUT2D eigenvalue weighted by molar-refractivity contribution is 7.15. The lowest BCUT2D eigenvalue weighted by atomic mass is 10.1. The van der Waals surface area contributed by atoms with Gasteiger partial charge in [0.25, 0.3) is 0 Å². The van der Waals surface area contributed by atoms with Crippen molar-refractivity contribution >= 4 is 33.5 Å². The van der Waals surface area contributed by atoms with Crippen molar-refractivity contribution in [3.8, 4) is 0 Å². The summed E-state index contributed by atoms with van der Waals surface area (Å²) in [5.41, 5.74) is 3.47. The zero-order valence-electron chi connectivity index (χ0n) is 13.5. The lowest BCUT2D eigenvalue weighted by Crippen LogP contribution is -2.50. The molecule has 7 nitrogen and oxygen atoms in total. The summed E-state index contributed by atoms with van der Waals surface area (Å²) in [6, 6.07) is -0.149. The molecule has 0 radical (unpaired) electrons. The van der Waals surface area contributed by atoms with Gasteiger partial charge >= 0.3 is 0 Å². The minimum absolute atomic E-state index is 0.0649. The molecule has 0 spiro atoms. The molecule has 3 aromatic rings. The van der Waals surface area contributed by atoms with Gasteiger partial charge in [0.2, 0.25) is 5.91 Å². The average Bonchev–Trinajstić information content (AvgIpc) is 3.31. The fourth-order valence-corrected chi connectivity index (χ4v) is 4.10. The molecule has 1 saturated heterocycles. The second-order valence-corrected chi connectivity index (χ2v) is 7.46. The van der Waals surface area contributed by atoms with Gasteiger partial charge in [0.15, 0.2) is 4.96 Å².